The van der Waals surface area contributed by atoms with Gasteiger partial charge in [0.25, 0.3) is 0 Å². The zero-order valence-corrected chi connectivity index (χ0v) is 15.4. The van der Waals surface area contributed by atoms with Gasteiger partial charge in [-0.25, -0.2) is 0 Å². The molecule has 1 aliphatic rings. The molecule has 0 radical (unpaired) electrons. The monoisotopic (exact) mass is 316 g/mol. The maximum Gasteiger partial charge on any atom is 0.250 e. The first-order valence-electron chi connectivity index (χ1n) is 8.14. The Kier molecular flexibility index (Phi) is 4.96. The van der Waals surface area contributed by atoms with E-state index in [0.29, 0.717) is 0 Å². The van der Waals surface area contributed by atoms with E-state index in [0.717, 1.165) is 24.9 Å². The molecule has 1 aromatic rings. The Hall–Kier alpha value is -1.35. The van der Waals surface area contributed by atoms with Gasteiger partial charge in [0.05, 0.1) is 5.76 Å². The molecule has 2 unspecified atom stereocenters. The van der Waals surface area contributed by atoms with Crippen LogP contribution in [0.1, 0.15) is 45.1 Å². The van der Waals surface area contributed by atoms with Crippen LogP contribution in [0.25, 0.3) is 0 Å². The van der Waals surface area contributed by atoms with E-state index in [1.54, 1.807) is 0 Å². The molecule has 2 atom stereocenters. The number of aldehydes is 1. The third-order valence-electron chi connectivity index (χ3n) is 5.10. The van der Waals surface area contributed by atoms with Crippen LogP contribution in [0.3, 0.4) is 0 Å². The average Bonchev–Trinajstić information content (AvgIpc) is 2.46. The zero-order chi connectivity index (χ0) is 16.4. The highest BCUT2D eigenvalue weighted by Crippen LogP contribution is 2.41. The van der Waals surface area contributed by atoms with Gasteiger partial charge in [0.1, 0.15) is 6.29 Å². The predicted octanol–water partition coefficient (Wildman–Crippen LogP) is 5.28. The fraction of sp³-hybridized carbons (Fsp3) is 0.526. The molecule has 120 valence electrons. The number of rotatable bonds is 4. The fourth-order valence-electron chi connectivity index (χ4n) is 2.63. The molecule has 0 N–H and O–H groups in total. The van der Waals surface area contributed by atoms with Gasteiger partial charge in [-0.2, -0.15) is 0 Å². The molecular formula is C19H28O2Si. The number of hydrogen-bond acceptors (Lipinski definition) is 2. The average molecular weight is 317 g/mol. The van der Waals surface area contributed by atoms with Crippen LogP contribution in [0.2, 0.25) is 18.1 Å². The number of hydrogen-bond donors (Lipinski definition) is 0. The van der Waals surface area contributed by atoms with Crippen LogP contribution in [0.4, 0.5) is 0 Å². The third kappa shape index (κ3) is 3.69. The lowest BCUT2D eigenvalue weighted by molar-refractivity contribution is -0.111. The Bertz CT molecular complexity index is 540. The first kappa shape index (κ1) is 17.0. The largest absolute Gasteiger partial charge is 0.547 e. The summed E-state index contributed by atoms with van der Waals surface area (Å²) >= 11 is 0. The second kappa shape index (κ2) is 6.41. The number of carbonyl (C=O) groups excluding carboxylic acids is 1. The lowest BCUT2D eigenvalue weighted by Crippen LogP contribution is -2.41. The predicted molar refractivity (Wildman–Crippen MR) is 94.3 cm³/mol. The van der Waals surface area contributed by atoms with Gasteiger partial charge < -0.3 is 9.22 Å². The summed E-state index contributed by atoms with van der Waals surface area (Å²) in [4.78, 5) is 11.4. The van der Waals surface area contributed by atoms with E-state index in [1.165, 1.54) is 5.56 Å². The van der Waals surface area contributed by atoms with E-state index in [4.69, 9.17) is 4.43 Å². The van der Waals surface area contributed by atoms with Gasteiger partial charge in [-0.15, -0.1) is 0 Å². The normalized spacial score (nSPS) is 22.9. The minimum Gasteiger partial charge on any atom is -0.547 e. The van der Waals surface area contributed by atoms with E-state index in [2.05, 4.69) is 52.1 Å². The SMILES string of the molecule is CC(C)(C)[Si](C)(C)OC1=CC(c2ccccc2)C(C=O)CC1. The lowest BCUT2D eigenvalue weighted by Gasteiger charge is -2.39. The first-order valence-corrected chi connectivity index (χ1v) is 11.1. The van der Waals surface area contributed by atoms with Gasteiger partial charge in [0.2, 0.25) is 8.32 Å². The van der Waals surface area contributed by atoms with Crippen molar-refractivity contribution in [3.8, 4) is 0 Å². The lowest BCUT2D eigenvalue weighted by atomic mass is 9.80. The minimum absolute atomic E-state index is 0.0640. The molecule has 1 aliphatic carbocycles. The van der Waals surface area contributed by atoms with E-state index in [1.807, 2.05) is 18.2 Å². The Morgan fingerprint density at radius 1 is 1.18 bits per heavy atom. The molecule has 0 aromatic heterocycles. The molecular weight excluding hydrogens is 288 g/mol. The van der Waals surface area contributed by atoms with Crippen molar-refractivity contribution < 1.29 is 9.22 Å². The Morgan fingerprint density at radius 2 is 1.82 bits per heavy atom. The maximum absolute atomic E-state index is 11.4. The summed E-state index contributed by atoms with van der Waals surface area (Å²) in [6.45, 7) is 11.3. The van der Waals surface area contributed by atoms with E-state index >= 15 is 0 Å². The van der Waals surface area contributed by atoms with Crippen molar-refractivity contribution >= 4 is 14.6 Å². The van der Waals surface area contributed by atoms with Crippen LogP contribution < -0.4 is 0 Å². The van der Waals surface area contributed by atoms with Gasteiger partial charge >= 0.3 is 0 Å². The second-order valence-electron chi connectivity index (χ2n) is 7.77. The van der Waals surface area contributed by atoms with Crippen molar-refractivity contribution in [1.29, 1.82) is 0 Å². The first-order chi connectivity index (χ1) is 10.2. The molecule has 0 saturated carbocycles. The van der Waals surface area contributed by atoms with Crippen LogP contribution in [-0.2, 0) is 9.22 Å². The molecule has 0 spiro atoms. The van der Waals surface area contributed by atoms with Crippen LogP contribution in [0.15, 0.2) is 42.2 Å². The summed E-state index contributed by atoms with van der Waals surface area (Å²) in [7, 11) is -1.81. The summed E-state index contributed by atoms with van der Waals surface area (Å²) in [6.07, 6.45) is 5.05. The molecule has 0 aliphatic heterocycles. The quantitative estimate of drug-likeness (QED) is 0.557. The highest BCUT2D eigenvalue weighted by atomic mass is 28.4. The van der Waals surface area contributed by atoms with E-state index < -0.39 is 8.32 Å². The second-order valence-corrected chi connectivity index (χ2v) is 12.5. The van der Waals surface area contributed by atoms with Crippen molar-refractivity contribution in [2.45, 2.75) is 57.7 Å². The summed E-state index contributed by atoms with van der Waals surface area (Å²) in [5.41, 5.74) is 1.20. The molecule has 22 heavy (non-hydrogen) atoms. The van der Waals surface area contributed by atoms with Crippen LogP contribution in [0, 0.1) is 5.92 Å². The van der Waals surface area contributed by atoms with Crippen molar-refractivity contribution in [3.63, 3.8) is 0 Å². The molecule has 0 fully saturated rings. The van der Waals surface area contributed by atoms with Crippen LogP contribution in [-0.4, -0.2) is 14.6 Å². The summed E-state index contributed by atoms with van der Waals surface area (Å²) in [6, 6.07) is 10.3. The molecule has 0 amide bonds. The van der Waals surface area contributed by atoms with Gasteiger partial charge in [-0.1, -0.05) is 51.1 Å². The van der Waals surface area contributed by atoms with Gasteiger partial charge in [0.15, 0.2) is 0 Å². The van der Waals surface area contributed by atoms with Gasteiger partial charge in [-0.3, -0.25) is 0 Å². The van der Waals surface area contributed by atoms with Crippen molar-refractivity contribution in [2.24, 2.45) is 5.92 Å². The van der Waals surface area contributed by atoms with Crippen molar-refractivity contribution in [2.75, 3.05) is 0 Å². The summed E-state index contributed by atoms with van der Waals surface area (Å²) < 4.78 is 6.47. The summed E-state index contributed by atoms with van der Waals surface area (Å²) in [5, 5.41) is 0.192. The molecule has 0 heterocycles. The third-order valence-corrected chi connectivity index (χ3v) is 9.49. The number of carbonyl (C=O) groups is 1. The van der Waals surface area contributed by atoms with Gasteiger partial charge in [0, 0.05) is 18.3 Å². The Morgan fingerprint density at radius 3 is 2.36 bits per heavy atom. The molecule has 3 heteroatoms. The highest BCUT2D eigenvalue weighted by Gasteiger charge is 2.40. The molecule has 2 rings (SSSR count). The maximum atomic E-state index is 11.4. The van der Waals surface area contributed by atoms with E-state index in [9.17, 15) is 4.79 Å². The Balaban J connectivity index is 2.27. The van der Waals surface area contributed by atoms with Crippen LogP contribution >= 0.6 is 0 Å². The van der Waals surface area contributed by atoms with Gasteiger partial charge in [-0.05, 0) is 36.2 Å². The molecule has 0 bridgehead atoms. The highest BCUT2D eigenvalue weighted by molar-refractivity contribution is 6.74. The molecule has 1 aromatic carbocycles. The topological polar surface area (TPSA) is 26.3 Å². The van der Waals surface area contributed by atoms with Crippen LogP contribution in [0.5, 0.6) is 0 Å². The van der Waals surface area contributed by atoms with Crippen molar-refractivity contribution in [3.05, 3.63) is 47.7 Å². The number of benzene rings is 1. The smallest absolute Gasteiger partial charge is 0.250 e. The summed E-state index contributed by atoms with van der Waals surface area (Å²) in [5.74, 6) is 1.29. The number of allylic oxidation sites excluding steroid dienone is 2. The standard InChI is InChI=1S/C19H28O2Si/c1-19(2,3)22(4,5)21-17-12-11-16(14-20)18(13-17)15-9-7-6-8-10-15/h6-10,13-14,16,18H,11-12H2,1-5H3. The molecule has 0 saturated heterocycles. The van der Waals surface area contributed by atoms with Crippen molar-refractivity contribution in [1.82, 2.24) is 0 Å². The fourth-order valence-corrected chi connectivity index (χ4v) is 3.76. The Labute approximate surface area is 135 Å². The van der Waals surface area contributed by atoms with E-state index in [-0.39, 0.29) is 16.9 Å². The molecule has 2 nitrogen and oxygen atoms in total. The minimum atomic E-state index is -1.81. The zero-order valence-electron chi connectivity index (χ0n) is 14.4.